The number of aryl methyl sites for hydroxylation is 2. The SMILES string of the molecule is Cc1ccc(CC(=O)N2CCC[C@@H]2c2nnc(-c3scnc3C)o2)cc1. The molecule has 1 aliphatic rings. The molecule has 0 bridgehead atoms. The van der Waals surface area contributed by atoms with Crippen LogP contribution in [0.15, 0.2) is 34.2 Å². The first-order chi connectivity index (χ1) is 12.6. The maximum Gasteiger partial charge on any atom is 0.259 e. The Morgan fingerprint density at radius 1 is 1.27 bits per heavy atom. The molecule has 4 rings (SSSR count). The predicted molar refractivity (Wildman–Crippen MR) is 98.7 cm³/mol. The number of carbonyl (C=O) groups is 1. The van der Waals surface area contributed by atoms with Crippen LogP contribution in [0.3, 0.4) is 0 Å². The summed E-state index contributed by atoms with van der Waals surface area (Å²) in [4.78, 5) is 19.8. The number of carbonyl (C=O) groups excluding carboxylic acids is 1. The lowest BCUT2D eigenvalue weighted by atomic mass is 10.1. The maximum atomic E-state index is 12.8. The number of likely N-dealkylation sites (tertiary alicyclic amines) is 1. The predicted octanol–water partition coefficient (Wildman–Crippen LogP) is 3.72. The van der Waals surface area contributed by atoms with Crippen LogP contribution in [0, 0.1) is 13.8 Å². The monoisotopic (exact) mass is 368 g/mol. The van der Waals surface area contributed by atoms with Gasteiger partial charge in [0.15, 0.2) is 0 Å². The van der Waals surface area contributed by atoms with Crippen LogP contribution in [0.2, 0.25) is 0 Å². The van der Waals surface area contributed by atoms with Gasteiger partial charge >= 0.3 is 0 Å². The van der Waals surface area contributed by atoms with Gasteiger partial charge in [0, 0.05) is 6.54 Å². The van der Waals surface area contributed by atoms with Gasteiger partial charge in [0.1, 0.15) is 10.9 Å². The number of hydrogen-bond acceptors (Lipinski definition) is 6. The highest BCUT2D eigenvalue weighted by Crippen LogP contribution is 2.34. The van der Waals surface area contributed by atoms with E-state index >= 15 is 0 Å². The van der Waals surface area contributed by atoms with Gasteiger partial charge in [-0.15, -0.1) is 21.5 Å². The van der Waals surface area contributed by atoms with Gasteiger partial charge in [-0.25, -0.2) is 4.98 Å². The zero-order chi connectivity index (χ0) is 18.1. The Morgan fingerprint density at radius 2 is 2.08 bits per heavy atom. The highest BCUT2D eigenvalue weighted by atomic mass is 32.1. The topological polar surface area (TPSA) is 72.1 Å². The molecule has 0 unspecified atom stereocenters. The molecule has 2 aromatic heterocycles. The van der Waals surface area contributed by atoms with Gasteiger partial charge in [0.2, 0.25) is 11.8 Å². The fourth-order valence-corrected chi connectivity index (χ4v) is 4.00. The van der Waals surface area contributed by atoms with Gasteiger partial charge in [-0.05, 0) is 32.3 Å². The molecule has 0 radical (unpaired) electrons. The molecule has 1 aromatic carbocycles. The third-order valence-electron chi connectivity index (χ3n) is 4.71. The first kappa shape index (κ1) is 16.9. The summed E-state index contributed by atoms with van der Waals surface area (Å²) in [5, 5.41) is 8.38. The minimum Gasteiger partial charge on any atom is -0.418 e. The van der Waals surface area contributed by atoms with Gasteiger partial charge in [0.05, 0.1) is 17.6 Å². The Labute approximate surface area is 155 Å². The summed E-state index contributed by atoms with van der Waals surface area (Å²) in [6, 6.07) is 7.95. The van der Waals surface area contributed by atoms with Crippen LogP contribution in [0.5, 0.6) is 0 Å². The fourth-order valence-electron chi connectivity index (χ4n) is 3.27. The fraction of sp³-hybridized carbons (Fsp3) is 0.368. The van der Waals surface area contributed by atoms with Crippen LogP contribution in [-0.2, 0) is 11.2 Å². The van der Waals surface area contributed by atoms with Crippen molar-refractivity contribution in [2.75, 3.05) is 6.54 Å². The number of hydrogen-bond donors (Lipinski definition) is 0. The minimum atomic E-state index is -0.137. The largest absolute Gasteiger partial charge is 0.418 e. The second-order valence-corrected chi connectivity index (χ2v) is 7.47. The summed E-state index contributed by atoms with van der Waals surface area (Å²) in [5.74, 6) is 1.10. The molecule has 26 heavy (non-hydrogen) atoms. The smallest absolute Gasteiger partial charge is 0.259 e. The van der Waals surface area contributed by atoms with Crippen LogP contribution < -0.4 is 0 Å². The van der Waals surface area contributed by atoms with Crippen LogP contribution in [0.25, 0.3) is 10.8 Å². The van der Waals surface area contributed by atoms with Crippen molar-refractivity contribution in [2.24, 2.45) is 0 Å². The van der Waals surface area contributed by atoms with Crippen molar-refractivity contribution in [3.05, 3.63) is 52.5 Å². The summed E-state index contributed by atoms with van der Waals surface area (Å²) in [5.41, 5.74) is 4.86. The molecule has 0 spiro atoms. The number of amides is 1. The third-order valence-corrected chi connectivity index (χ3v) is 5.63. The lowest BCUT2D eigenvalue weighted by molar-refractivity contribution is -0.131. The van der Waals surface area contributed by atoms with E-state index in [2.05, 4.69) is 15.2 Å². The second-order valence-electron chi connectivity index (χ2n) is 6.62. The average molecular weight is 368 g/mol. The molecule has 1 atom stereocenters. The summed E-state index contributed by atoms with van der Waals surface area (Å²) >= 11 is 1.48. The van der Waals surface area contributed by atoms with Gasteiger partial charge in [-0.1, -0.05) is 29.8 Å². The zero-order valence-electron chi connectivity index (χ0n) is 14.8. The van der Waals surface area contributed by atoms with E-state index in [1.165, 1.54) is 16.9 Å². The Kier molecular flexibility index (Phi) is 4.55. The van der Waals surface area contributed by atoms with Gasteiger partial charge in [-0.3, -0.25) is 4.79 Å². The van der Waals surface area contributed by atoms with Gasteiger partial charge in [0.25, 0.3) is 5.89 Å². The Morgan fingerprint density at radius 3 is 2.81 bits per heavy atom. The molecule has 1 saturated heterocycles. The molecule has 0 saturated carbocycles. The van der Waals surface area contributed by atoms with Gasteiger partial charge < -0.3 is 9.32 Å². The molecule has 3 heterocycles. The molecular formula is C19H20N4O2S. The van der Waals surface area contributed by atoms with E-state index in [0.29, 0.717) is 18.2 Å². The molecular weight excluding hydrogens is 348 g/mol. The highest BCUT2D eigenvalue weighted by Gasteiger charge is 2.34. The Balaban J connectivity index is 1.51. The van der Waals surface area contributed by atoms with Crippen molar-refractivity contribution >= 4 is 17.2 Å². The maximum absolute atomic E-state index is 12.8. The Hall–Kier alpha value is -2.54. The van der Waals surface area contributed by atoms with Crippen LogP contribution in [-0.4, -0.2) is 32.5 Å². The second kappa shape index (κ2) is 6.99. The quantitative estimate of drug-likeness (QED) is 0.702. The molecule has 7 heteroatoms. The first-order valence-corrected chi connectivity index (χ1v) is 9.58. The summed E-state index contributed by atoms with van der Waals surface area (Å²) in [7, 11) is 0. The molecule has 0 N–H and O–H groups in total. The number of benzene rings is 1. The number of nitrogens with zero attached hydrogens (tertiary/aromatic N) is 4. The molecule has 0 aliphatic carbocycles. The van der Waals surface area contributed by atoms with Crippen molar-refractivity contribution in [3.8, 4) is 10.8 Å². The van der Waals surface area contributed by atoms with Crippen molar-refractivity contribution in [2.45, 2.75) is 39.2 Å². The average Bonchev–Trinajstić information content (AvgIpc) is 3.35. The van der Waals surface area contributed by atoms with Crippen molar-refractivity contribution in [1.29, 1.82) is 0 Å². The van der Waals surface area contributed by atoms with E-state index in [4.69, 9.17) is 4.42 Å². The molecule has 134 valence electrons. The summed E-state index contributed by atoms with van der Waals surface area (Å²) in [6.07, 6.45) is 2.19. The van der Waals surface area contributed by atoms with Crippen molar-refractivity contribution in [3.63, 3.8) is 0 Å². The van der Waals surface area contributed by atoms with Crippen molar-refractivity contribution in [1.82, 2.24) is 20.1 Å². The first-order valence-electron chi connectivity index (χ1n) is 8.70. The lowest BCUT2D eigenvalue weighted by Crippen LogP contribution is -2.32. The van der Waals surface area contributed by atoms with E-state index in [0.717, 1.165) is 35.5 Å². The van der Waals surface area contributed by atoms with E-state index in [1.54, 1.807) is 5.51 Å². The third kappa shape index (κ3) is 3.26. The van der Waals surface area contributed by atoms with Crippen LogP contribution in [0.4, 0.5) is 0 Å². The lowest BCUT2D eigenvalue weighted by Gasteiger charge is -2.22. The van der Waals surface area contributed by atoms with Gasteiger partial charge in [-0.2, -0.15) is 0 Å². The zero-order valence-corrected chi connectivity index (χ0v) is 15.6. The van der Waals surface area contributed by atoms with Crippen LogP contribution >= 0.6 is 11.3 Å². The molecule has 6 nitrogen and oxygen atoms in total. The minimum absolute atomic E-state index is 0.102. The molecule has 3 aromatic rings. The number of rotatable bonds is 4. The standard InChI is InChI=1S/C19H20N4O2S/c1-12-5-7-14(8-6-12)10-16(24)23-9-3-4-15(23)18-21-22-19(25-18)17-13(2)20-11-26-17/h5-8,11,15H,3-4,9-10H2,1-2H3/t15-/m1/s1. The molecule has 1 aliphatic heterocycles. The Bertz CT molecular complexity index is 916. The molecule has 1 amide bonds. The van der Waals surface area contributed by atoms with E-state index in [-0.39, 0.29) is 11.9 Å². The van der Waals surface area contributed by atoms with Crippen molar-refractivity contribution < 1.29 is 9.21 Å². The van der Waals surface area contributed by atoms with E-state index < -0.39 is 0 Å². The normalized spacial score (nSPS) is 17.0. The molecule has 1 fully saturated rings. The highest BCUT2D eigenvalue weighted by molar-refractivity contribution is 7.13. The summed E-state index contributed by atoms with van der Waals surface area (Å²) < 4.78 is 5.89. The van der Waals surface area contributed by atoms with E-state index in [1.807, 2.05) is 43.0 Å². The van der Waals surface area contributed by atoms with E-state index in [9.17, 15) is 4.79 Å². The van der Waals surface area contributed by atoms with Crippen LogP contribution in [0.1, 0.15) is 41.6 Å². The summed E-state index contributed by atoms with van der Waals surface area (Å²) in [6.45, 7) is 4.69. The number of thiazole rings is 1. The number of aromatic nitrogens is 3.